The van der Waals surface area contributed by atoms with Gasteiger partial charge in [-0.3, -0.25) is 14.8 Å². The number of aryl methyl sites for hydroxylation is 2. The van der Waals surface area contributed by atoms with Crippen molar-refractivity contribution in [1.29, 1.82) is 0 Å². The Labute approximate surface area is 194 Å². The van der Waals surface area contributed by atoms with E-state index >= 15 is 0 Å². The largest absolute Gasteiger partial charge is 0.337 e. The summed E-state index contributed by atoms with van der Waals surface area (Å²) in [5.74, 6) is 0.140. The minimum absolute atomic E-state index is 0.0489. The molecule has 0 radical (unpaired) electrons. The summed E-state index contributed by atoms with van der Waals surface area (Å²) in [5.41, 5.74) is 3.20. The number of benzene rings is 3. The van der Waals surface area contributed by atoms with Crippen LogP contribution in [0.25, 0.3) is 11.0 Å². The Bertz CT molecular complexity index is 1510. The number of nitro benzene ring substituents is 1. The van der Waals surface area contributed by atoms with Crippen LogP contribution in [0.3, 0.4) is 0 Å². The molecule has 2 N–H and O–H groups in total. The van der Waals surface area contributed by atoms with Crippen molar-refractivity contribution < 1.29 is 13.3 Å². The second-order valence-electron chi connectivity index (χ2n) is 7.33. The SMILES string of the molecule is Cc1ccc(C)c(Nc2nc3ccccc3nc2NS(=O)(=O)c2ccc(Cl)c([N+](=O)[O-])c2)c1. The van der Waals surface area contributed by atoms with E-state index in [-0.39, 0.29) is 21.6 Å². The van der Waals surface area contributed by atoms with Crippen LogP contribution in [0.5, 0.6) is 0 Å². The van der Waals surface area contributed by atoms with Crippen molar-refractivity contribution >= 4 is 55.7 Å². The summed E-state index contributed by atoms with van der Waals surface area (Å²) in [4.78, 5) is 19.1. The molecule has 0 saturated carbocycles. The van der Waals surface area contributed by atoms with E-state index in [1.54, 1.807) is 24.3 Å². The van der Waals surface area contributed by atoms with Gasteiger partial charge in [-0.2, -0.15) is 0 Å². The fourth-order valence-electron chi connectivity index (χ4n) is 3.14. The number of rotatable bonds is 6. The first-order valence-corrected chi connectivity index (χ1v) is 11.6. The third kappa shape index (κ3) is 4.71. The Hall–Kier alpha value is -3.76. The van der Waals surface area contributed by atoms with Crippen molar-refractivity contribution in [2.75, 3.05) is 10.0 Å². The zero-order chi connectivity index (χ0) is 23.8. The molecule has 33 heavy (non-hydrogen) atoms. The van der Waals surface area contributed by atoms with Crippen LogP contribution in [0.15, 0.2) is 65.6 Å². The number of anilines is 3. The normalized spacial score (nSPS) is 11.4. The van der Waals surface area contributed by atoms with Crippen LogP contribution in [-0.4, -0.2) is 23.3 Å². The molecule has 0 atom stereocenters. The molecule has 1 heterocycles. The molecule has 0 fully saturated rings. The topological polar surface area (TPSA) is 127 Å². The molecule has 0 aliphatic carbocycles. The quantitative estimate of drug-likeness (QED) is 0.279. The molecular weight excluding hydrogens is 466 g/mol. The lowest BCUT2D eigenvalue weighted by Gasteiger charge is -2.15. The van der Waals surface area contributed by atoms with Gasteiger partial charge in [-0.05, 0) is 55.3 Å². The van der Waals surface area contributed by atoms with Crippen LogP contribution in [0, 0.1) is 24.0 Å². The molecule has 0 bridgehead atoms. The number of aromatic nitrogens is 2. The van der Waals surface area contributed by atoms with E-state index in [0.717, 1.165) is 28.9 Å². The van der Waals surface area contributed by atoms with Gasteiger partial charge in [-0.1, -0.05) is 35.9 Å². The van der Waals surface area contributed by atoms with Gasteiger partial charge < -0.3 is 5.32 Å². The monoisotopic (exact) mass is 483 g/mol. The van der Waals surface area contributed by atoms with Crippen molar-refractivity contribution in [2.24, 2.45) is 0 Å². The minimum Gasteiger partial charge on any atom is -0.337 e. The van der Waals surface area contributed by atoms with E-state index in [0.29, 0.717) is 11.0 Å². The highest BCUT2D eigenvalue weighted by Gasteiger charge is 2.23. The van der Waals surface area contributed by atoms with Gasteiger partial charge >= 0.3 is 0 Å². The van der Waals surface area contributed by atoms with Gasteiger partial charge in [0.15, 0.2) is 11.6 Å². The van der Waals surface area contributed by atoms with Crippen LogP contribution in [-0.2, 0) is 10.0 Å². The Balaban J connectivity index is 1.81. The fraction of sp³-hybridized carbons (Fsp3) is 0.0909. The number of fused-ring (bicyclic) bond motifs is 1. The molecule has 0 saturated heterocycles. The van der Waals surface area contributed by atoms with Crippen molar-refractivity contribution in [2.45, 2.75) is 18.7 Å². The maximum Gasteiger partial charge on any atom is 0.289 e. The maximum absolute atomic E-state index is 13.1. The van der Waals surface area contributed by atoms with E-state index < -0.39 is 20.6 Å². The molecular formula is C22H18ClN5O4S. The smallest absolute Gasteiger partial charge is 0.289 e. The molecule has 0 unspecified atom stereocenters. The number of halogens is 1. The van der Waals surface area contributed by atoms with Gasteiger partial charge in [0.1, 0.15) is 5.02 Å². The van der Waals surface area contributed by atoms with Crippen LogP contribution in [0.4, 0.5) is 23.0 Å². The molecule has 9 nitrogen and oxygen atoms in total. The average Bonchev–Trinajstić information content (AvgIpc) is 2.76. The van der Waals surface area contributed by atoms with Crippen LogP contribution in [0.1, 0.15) is 11.1 Å². The molecule has 1 aromatic heterocycles. The number of para-hydroxylation sites is 2. The zero-order valence-electron chi connectivity index (χ0n) is 17.5. The Kier molecular flexibility index (Phi) is 5.88. The standard InChI is InChI=1S/C22H18ClN5O4S/c1-13-7-8-14(2)19(11-13)26-21-22(25-18-6-4-3-5-17(18)24-21)27-33(31,32)15-9-10-16(23)20(12-15)28(29)30/h3-12H,1-2H3,(H,24,26)(H,25,27). The molecule has 11 heteroatoms. The highest BCUT2D eigenvalue weighted by atomic mass is 35.5. The lowest BCUT2D eigenvalue weighted by Crippen LogP contribution is -2.16. The summed E-state index contributed by atoms with van der Waals surface area (Å²) in [6.07, 6.45) is 0. The van der Waals surface area contributed by atoms with Crippen LogP contribution < -0.4 is 10.0 Å². The summed E-state index contributed by atoms with van der Waals surface area (Å²) in [5, 5.41) is 14.2. The Morgan fingerprint density at radius 1 is 0.939 bits per heavy atom. The van der Waals surface area contributed by atoms with Gasteiger partial charge in [0.2, 0.25) is 0 Å². The van der Waals surface area contributed by atoms with E-state index in [9.17, 15) is 18.5 Å². The van der Waals surface area contributed by atoms with Crippen molar-refractivity contribution in [3.63, 3.8) is 0 Å². The fourth-order valence-corrected chi connectivity index (χ4v) is 4.36. The van der Waals surface area contributed by atoms with Crippen LogP contribution >= 0.6 is 11.6 Å². The van der Waals surface area contributed by atoms with Gasteiger partial charge in [0, 0.05) is 11.8 Å². The summed E-state index contributed by atoms with van der Waals surface area (Å²) in [6.45, 7) is 3.85. The lowest BCUT2D eigenvalue weighted by molar-refractivity contribution is -0.384. The average molecular weight is 484 g/mol. The number of hydrogen-bond donors (Lipinski definition) is 2. The number of nitro groups is 1. The predicted octanol–water partition coefficient (Wildman–Crippen LogP) is 5.35. The molecule has 4 rings (SSSR count). The van der Waals surface area contributed by atoms with E-state index in [2.05, 4.69) is 20.0 Å². The minimum atomic E-state index is -4.24. The summed E-state index contributed by atoms with van der Waals surface area (Å²) < 4.78 is 28.6. The van der Waals surface area contributed by atoms with Crippen molar-refractivity contribution in [1.82, 2.24) is 9.97 Å². The Morgan fingerprint density at radius 3 is 2.27 bits per heavy atom. The highest BCUT2D eigenvalue weighted by molar-refractivity contribution is 7.92. The summed E-state index contributed by atoms with van der Waals surface area (Å²) in [7, 11) is -4.24. The number of nitrogens with zero attached hydrogens (tertiary/aromatic N) is 3. The first-order valence-electron chi connectivity index (χ1n) is 9.72. The number of hydrogen-bond acceptors (Lipinski definition) is 7. The highest BCUT2D eigenvalue weighted by Crippen LogP contribution is 2.31. The zero-order valence-corrected chi connectivity index (χ0v) is 19.1. The first kappa shape index (κ1) is 22.4. The third-order valence-electron chi connectivity index (χ3n) is 4.87. The van der Waals surface area contributed by atoms with Gasteiger partial charge in [-0.25, -0.2) is 18.4 Å². The van der Waals surface area contributed by atoms with E-state index in [1.165, 1.54) is 6.07 Å². The first-order chi connectivity index (χ1) is 15.6. The second kappa shape index (κ2) is 8.64. The van der Waals surface area contributed by atoms with Crippen molar-refractivity contribution in [3.8, 4) is 0 Å². The number of sulfonamides is 1. The molecule has 0 aliphatic heterocycles. The van der Waals surface area contributed by atoms with Crippen LogP contribution in [0.2, 0.25) is 5.02 Å². The van der Waals surface area contributed by atoms with E-state index in [1.807, 2.05) is 32.0 Å². The Morgan fingerprint density at radius 2 is 1.61 bits per heavy atom. The third-order valence-corrected chi connectivity index (χ3v) is 6.53. The molecule has 0 amide bonds. The van der Waals surface area contributed by atoms with Gasteiger partial charge in [0.25, 0.3) is 15.7 Å². The molecule has 168 valence electrons. The lowest BCUT2D eigenvalue weighted by atomic mass is 10.1. The summed E-state index contributed by atoms with van der Waals surface area (Å²) in [6, 6.07) is 16.1. The molecule has 0 aliphatic rings. The number of nitrogens with one attached hydrogen (secondary N) is 2. The van der Waals surface area contributed by atoms with Gasteiger partial charge in [0.05, 0.1) is 20.9 Å². The molecule has 4 aromatic rings. The molecule has 3 aromatic carbocycles. The van der Waals surface area contributed by atoms with Crippen molar-refractivity contribution in [3.05, 3.63) is 86.9 Å². The predicted molar refractivity (Wildman–Crippen MR) is 128 cm³/mol. The molecule has 0 spiro atoms. The summed E-state index contributed by atoms with van der Waals surface area (Å²) >= 11 is 5.82. The second-order valence-corrected chi connectivity index (χ2v) is 9.42. The maximum atomic E-state index is 13.1. The van der Waals surface area contributed by atoms with Gasteiger partial charge in [-0.15, -0.1) is 0 Å². The van der Waals surface area contributed by atoms with E-state index in [4.69, 9.17) is 11.6 Å².